The van der Waals surface area contributed by atoms with Crippen LogP contribution in [0.2, 0.25) is 0 Å². The molecule has 372 valence electrons. The van der Waals surface area contributed by atoms with Crippen LogP contribution in [0.3, 0.4) is 0 Å². The van der Waals surface area contributed by atoms with E-state index < -0.39 is 20.8 Å². The summed E-state index contributed by atoms with van der Waals surface area (Å²) in [6, 6.07) is 0. The fraction of sp³-hybridized carbons (Fsp3) is 0.923. The van der Waals surface area contributed by atoms with Crippen LogP contribution in [0.25, 0.3) is 0 Å². The molecule has 0 N–H and O–H groups in total. The third-order valence-corrected chi connectivity index (χ3v) is 12.8. The molecule has 11 heteroatoms. The first kappa shape index (κ1) is 67.7. The van der Waals surface area contributed by atoms with Gasteiger partial charge in [0.1, 0.15) is 0 Å². The molecule has 0 aromatic carbocycles. The Labute approximate surface area is 423 Å². The molecule has 0 aromatic rings. The van der Waals surface area contributed by atoms with Gasteiger partial charge in [0, 0.05) is 11.8 Å². The van der Waals surface area contributed by atoms with Crippen LogP contribution in [0.1, 0.15) is 285 Å². The van der Waals surface area contributed by atoms with E-state index in [1.54, 1.807) is 0 Å². The first-order valence-electron chi connectivity index (χ1n) is 26.5. The van der Waals surface area contributed by atoms with Gasteiger partial charge in [0.15, 0.2) is 0 Å². The van der Waals surface area contributed by atoms with E-state index in [1.165, 1.54) is 205 Å². The summed E-state index contributed by atoms with van der Waals surface area (Å²) in [5, 5.41) is 0. The van der Waals surface area contributed by atoms with E-state index in [0.29, 0.717) is 0 Å². The Bertz CT molecular complexity index is 1070. The maximum absolute atomic E-state index is 10.8. The third kappa shape index (κ3) is 62.5. The first-order chi connectivity index (χ1) is 30.0. The van der Waals surface area contributed by atoms with Crippen molar-refractivity contribution in [3.05, 3.63) is 24.3 Å². The number of rotatable bonds is 48. The van der Waals surface area contributed by atoms with E-state index in [0.717, 1.165) is 51.4 Å². The second kappa shape index (κ2) is 53.4. The quantitative estimate of drug-likeness (QED) is 0.0194. The monoisotopic (exact) mass is 959 g/mol. The van der Waals surface area contributed by atoms with Gasteiger partial charge in [-0.05, 0) is 38.5 Å². The zero-order chi connectivity index (χ0) is 46.1. The molecule has 0 spiro atoms. The molecule has 0 saturated carbocycles. The fourth-order valence-corrected chi connectivity index (χ4v) is 8.65. The smallest absolute Gasteiger partial charge is 0.726 e. The van der Waals surface area contributed by atoms with Crippen molar-refractivity contribution in [2.75, 3.05) is 13.2 Å². The predicted octanol–water partition coefficient (Wildman–Crippen LogP) is 16.6. The van der Waals surface area contributed by atoms with Crippen LogP contribution >= 0.6 is 0 Å². The van der Waals surface area contributed by atoms with Crippen LogP contribution in [0.5, 0.6) is 0 Å². The molecule has 0 rings (SSSR count). The molecular formula is C52H102CaO8S2. The molecule has 0 fully saturated rings. The normalized spacial score (nSPS) is 13.0. The molecule has 63 heavy (non-hydrogen) atoms. The molecule has 0 aromatic heterocycles. The van der Waals surface area contributed by atoms with Gasteiger partial charge < -0.3 is 9.11 Å². The fourth-order valence-electron chi connectivity index (χ4n) is 7.97. The van der Waals surface area contributed by atoms with E-state index in [9.17, 15) is 25.9 Å². The van der Waals surface area contributed by atoms with E-state index in [1.807, 2.05) is 12.2 Å². The van der Waals surface area contributed by atoms with Gasteiger partial charge in [-0.25, -0.2) is 16.8 Å². The number of hydrogen-bond acceptors (Lipinski definition) is 8. The molecule has 0 amide bonds. The van der Waals surface area contributed by atoms with E-state index in [-0.39, 0.29) is 62.8 Å². The maximum atomic E-state index is 10.8. The largest absolute Gasteiger partial charge is 2.00 e. The van der Waals surface area contributed by atoms with Gasteiger partial charge in [0.25, 0.3) is 0 Å². The van der Waals surface area contributed by atoms with Crippen molar-refractivity contribution in [3.8, 4) is 0 Å². The molecular weight excluding hydrogens is 857 g/mol. The van der Waals surface area contributed by atoms with Crippen molar-refractivity contribution in [2.45, 2.75) is 285 Å². The maximum Gasteiger partial charge on any atom is 2.00 e. The van der Waals surface area contributed by atoms with Crippen LogP contribution in [-0.4, -0.2) is 76.9 Å². The Morgan fingerprint density at radius 2 is 0.556 bits per heavy atom. The predicted molar refractivity (Wildman–Crippen MR) is 270 cm³/mol. The second-order valence-electron chi connectivity index (χ2n) is 18.2. The minimum atomic E-state index is -4.60. The molecule has 0 aliphatic carbocycles. The Hall–Kier alpha value is 0.480. The van der Waals surface area contributed by atoms with Crippen molar-refractivity contribution < 1.29 is 34.3 Å². The molecule has 0 radical (unpaired) electrons. The standard InChI is InChI=1S/2C26H52O4S.Ca/c2*1-3-5-7-9-10-11-12-13-14-15-16-17-18-20-22-24-26(25-30-31(27,28)29)23-21-19-8-6-4-2;/h2*21,23,26H,3-20,22,24-25H2,1-2H3,(H,27,28,29);/q;;+2/p-2/b2*23-21+;. The Morgan fingerprint density at radius 1 is 0.349 bits per heavy atom. The van der Waals surface area contributed by atoms with Crippen molar-refractivity contribution in [1.29, 1.82) is 0 Å². The molecule has 8 nitrogen and oxygen atoms in total. The topological polar surface area (TPSA) is 133 Å². The molecule has 0 saturated heterocycles. The molecule has 0 aliphatic heterocycles. The summed E-state index contributed by atoms with van der Waals surface area (Å²) < 4.78 is 73.6. The molecule has 2 atom stereocenters. The summed E-state index contributed by atoms with van der Waals surface area (Å²) in [4.78, 5) is 0. The van der Waals surface area contributed by atoms with Gasteiger partial charge in [-0.15, -0.1) is 0 Å². The molecule has 2 unspecified atom stereocenters. The van der Waals surface area contributed by atoms with Gasteiger partial charge in [0.2, 0.25) is 20.8 Å². The number of allylic oxidation sites excluding steroid dienone is 2. The first-order valence-corrected chi connectivity index (χ1v) is 29.2. The van der Waals surface area contributed by atoms with Crippen molar-refractivity contribution in [3.63, 3.8) is 0 Å². The van der Waals surface area contributed by atoms with Gasteiger partial charge in [-0.3, -0.25) is 8.37 Å². The Balaban J connectivity index is -0.00000112. The Kier molecular flexibility index (Phi) is 57.5. The average Bonchev–Trinajstić information content (AvgIpc) is 3.23. The minimum absolute atomic E-state index is 0. The summed E-state index contributed by atoms with van der Waals surface area (Å²) in [5.74, 6) is 0.0413. The summed E-state index contributed by atoms with van der Waals surface area (Å²) in [6.45, 7) is 8.85. The van der Waals surface area contributed by atoms with Crippen molar-refractivity contribution in [2.24, 2.45) is 11.8 Å². The third-order valence-electron chi connectivity index (χ3n) is 12.0. The number of unbranched alkanes of at least 4 members (excludes halogenated alkanes) is 34. The summed E-state index contributed by atoms with van der Waals surface area (Å²) in [7, 11) is -9.20. The van der Waals surface area contributed by atoms with Gasteiger partial charge in [0.05, 0.1) is 13.2 Å². The summed E-state index contributed by atoms with van der Waals surface area (Å²) >= 11 is 0. The molecule has 0 bridgehead atoms. The summed E-state index contributed by atoms with van der Waals surface area (Å²) in [5.41, 5.74) is 0. The zero-order valence-electron chi connectivity index (χ0n) is 42.0. The van der Waals surface area contributed by atoms with Crippen LogP contribution < -0.4 is 0 Å². The van der Waals surface area contributed by atoms with E-state index in [2.05, 4.69) is 48.2 Å². The van der Waals surface area contributed by atoms with E-state index >= 15 is 0 Å². The number of hydrogen-bond donors (Lipinski definition) is 0. The van der Waals surface area contributed by atoms with Gasteiger partial charge >= 0.3 is 37.7 Å². The minimum Gasteiger partial charge on any atom is -0.726 e. The Morgan fingerprint density at radius 3 is 0.778 bits per heavy atom. The van der Waals surface area contributed by atoms with Gasteiger partial charge in [-0.1, -0.05) is 270 Å². The van der Waals surface area contributed by atoms with Crippen LogP contribution in [0.15, 0.2) is 24.3 Å². The van der Waals surface area contributed by atoms with E-state index in [4.69, 9.17) is 0 Å². The van der Waals surface area contributed by atoms with Crippen molar-refractivity contribution in [1.82, 2.24) is 0 Å². The summed E-state index contributed by atoms with van der Waals surface area (Å²) in [6.07, 6.45) is 59.2. The molecule has 0 aliphatic rings. The average molecular weight is 960 g/mol. The van der Waals surface area contributed by atoms with Crippen molar-refractivity contribution >= 4 is 58.5 Å². The van der Waals surface area contributed by atoms with Gasteiger partial charge in [-0.2, -0.15) is 0 Å². The van der Waals surface area contributed by atoms with Crippen LogP contribution in [0.4, 0.5) is 0 Å². The van der Waals surface area contributed by atoms with Crippen LogP contribution in [0, 0.1) is 11.8 Å². The second-order valence-corrected chi connectivity index (χ2v) is 20.3. The zero-order valence-corrected chi connectivity index (χ0v) is 45.8. The van der Waals surface area contributed by atoms with Crippen LogP contribution in [-0.2, 0) is 29.2 Å². The molecule has 0 heterocycles. The SMILES string of the molecule is CCCCC/C=C/C(CCCCCCCCCCCCCCCCC)COS(=O)(=O)[O-].CCCCC/C=C/C(CCCCCCCCCCCCCCCCC)COS(=O)(=O)[O-].[Ca+2].